The summed E-state index contributed by atoms with van der Waals surface area (Å²) in [5.74, 6) is 0. The van der Waals surface area contributed by atoms with E-state index in [1.807, 2.05) is 20.8 Å². The SMILES string of the molecule is CC(C)(C)[S@](C)(=N)=O. The monoisotopic (exact) mass is 135 g/mol. The van der Waals surface area contributed by atoms with Gasteiger partial charge in [-0.25, -0.2) is 4.21 Å². The molecule has 0 bridgehead atoms. The van der Waals surface area contributed by atoms with Gasteiger partial charge >= 0.3 is 0 Å². The molecule has 0 heterocycles. The predicted molar refractivity (Wildman–Crippen MR) is 36.5 cm³/mol. The molecule has 0 unspecified atom stereocenters. The maximum atomic E-state index is 10.9. The maximum Gasteiger partial charge on any atom is 0.0462 e. The van der Waals surface area contributed by atoms with E-state index in [1.54, 1.807) is 0 Å². The van der Waals surface area contributed by atoms with E-state index in [0.717, 1.165) is 0 Å². The molecule has 0 aromatic carbocycles. The van der Waals surface area contributed by atoms with Crippen molar-refractivity contribution >= 4 is 9.73 Å². The number of hydrogen-bond donors (Lipinski definition) is 1. The lowest BCUT2D eigenvalue weighted by Crippen LogP contribution is -2.24. The van der Waals surface area contributed by atoms with Crippen LogP contribution in [0.3, 0.4) is 0 Å². The molecule has 0 aromatic rings. The van der Waals surface area contributed by atoms with Crippen molar-refractivity contribution in [2.24, 2.45) is 0 Å². The molecule has 0 saturated heterocycles. The van der Waals surface area contributed by atoms with Crippen LogP contribution < -0.4 is 0 Å². The van der Waals surface area contributed by atoms with Crippen molar-refractivity contribution in [3.8, 4) is 0 Å². The zero-order chi connectivity index (χ0) is 7.00. The highest BCUT2D eigenvalue weighted by atomic mass is 32.2. The van der Waals surface area contributed by atoms with Crippen LogP contribution >= 0.6 is 0 Å². The second-order valence-electron chi connectivity index (χ2n) is 2.96. The van der Waals surface area contributed by atoms with Crippen LogP contribution in [-0.4, -0.2) is 15.2 Å². The Labute approximate surface area is 51.3 Å². The molecule has 0 amide bonds. The van der Waals surface area contributed by atoms with Crippen LogP contribution in [0.5, 0.6) is 0 Å². The van der Waals surface area contributed by atoms with Gasteiger partial charge in [0.2, 0.25) is 0 Å². The first-order chi connectivity index (χ1) is 3.25. The quantitative estimate of drug-likeness (QED) is 0.536. The van der Waals surface area contributed by atoms with Crippen LogP contribution in [0.2, 0.25) is 0 Å². The van der Waals surface area contributed by atoms with Gasteiger partial charge in [-0.3, -0.25) is 4.78 Å². The highest BCUT2D eigenvalue weighted by Crippen LogP contribution is 2.12. The summed E-state index contributed by atoms with van der Waals surface area (Å²) in [7, 11) is -2.34. The van der Waals surface area contributed by atoms with Crippen LogP contribution in [0.15, 0.2) is 0 Å². The Morgan fingerprint density at radius 3 is 1.50 bits per heavy atom. The topological polar surface area (TPSA) is 40.9 Å². The lowest BCUT2D eigenvalue weighted by molar-refractivity contribution is 0.643. The first kappa shape index (κ1) is 7.95. The minimum Gasteiger partial charge on any atom is -0.253 e. The third-order valence-electron chi connectivity index (χ3n) is 1.17. The van der Waals surface area contributed by atoms with E-state index in [4.69, 9.17) is 4.78 Å². The van der Waals surface area contributed by atoms with Gasteiger partial charge in [-0.1, -0.05) is 0 Å². The largest absolute Gasteiger partial charge is 0.253 e. The summed E-state index contributed by atoms with van der Waals surface area (Å²) in [4.78, 5) is 0. The Morgan fingerprint density at radius 2 is 1.50 bits per heavy atom. The molecule has 1 atom stereocenters. The van der Waals surface area contributed by atoms with Gasteiger partial charge in [0.25, 0.3) is 0 Å². The van der Waals surface area contributed by atoms with Crippen LogP contribution in [0.1, 0.15) is 20.8 Å². The third kappa shape index (κ3) is 1.82. The van der Waals surface area contributed by atoms with E-state index in [1.165, 1.54) is 6.26 Å². The van der Waals surface area contributed by atoms with Gasteiger partial charge in [0.05, 0.1) is 0 Å². The Morgan fingerprint density at radius 1 is 1.38 bits per heavy atom. The van der Waals surface area contributed by atoms with Gasteiger partial charge in [-0.05, 0) is 20.8 Å². The molecule has 0 aliphatic rings. The molecule has 0 saturated carbocycles. The minimum absolute atomic E-state index is 0.368. The average molecular weight is 135 g/mol. The molecular formula is C5H13NOS. The molecule has 1 N–H and O–H groups in total. The number of rotatable bonds is 0. The standard InChI is InChI=1S/C5H13NOS/c1-5(2,3)8(4,6)7/h6H,1-4H3/t8-/m1/s1. The van der Waals surface area contributed by atoms with E-state index >= 15 is 0 Å². The van der Waals surface area contributed by atoms with E-state index in [-0.39, 0.29) is 4.75 Å². The lowest BCUT2D eigenvalue weighted by Gasteiger charge is -2.17. The van der Waals surface area contributed by atoms with E-state index in [2.05, 4.69) is 0 Å². The molecule has 0 aromatic heterocycles. The molecule has 2 nitrogen and oxygen atoms in total. The van der Waals surface area contributed by atoms with E-state index < -0.39 is 9.73 Å². The fourth-order valence-electron chi connectivity index (χ4n) is 0. The van der Waals surface area contributed by atoms with E-state index in [9.17, 15) is 4.21 Å². The fourth-order valence-corrected chi connectivity index (χ4v) is 0. The van der Waals surface area contributed by atoms with Crippen molar-refractivity contribution in [2.45, 2.75) is 25.5 Å². The summed E-state index contributed by atoms with van der Waals surface area (Å²) >= 11 is 0. The van der Waals surface area contributed by atoms with Crippen LogP contribution in [-0.2, 0) is 9.73 Å². The van der Waals surface area contributed by atoms with Gasteiger partial charge in [0.1, 0.15) is 0 Å². The van der Waals surface area contributed by atoms with Crippen molar-refractivity contribution in [2.75, 3.05) is 6.26 Å². The zero-order valence-corrected chi connectivity index (χ0v) is 6.63. The Bertz CT molecular complexity index is 161. The fraction of sp³-hybridized carbons (Fsp3) is 1.00. The second-order valence-corrected chi connectivity index (χ2v) is 5.87. The molecular weight excluding hydrogens is 122 g/mol. The minimum atomic E-state index is -2.34. The molecule has 0 aliphatic carbocycles. The summed E-state index contributed by atoms with van der Waals surface area (Å²) in [6, 6.07) is 0. The van der Waals surface area contributed by atoms with Crippen molar-refractivity contribution in [3.63, 3.8) is 0 Å². The highest BCUT2D eigenvalue weighted by Gasteiger charge is 2.19. The summed E-state index contributed by atoms with van der Waals surface area (Å²) in [6.45, 7) is 5.42. The summed E-state index contributed by atoms with van der Waals surface area (Å²) in [5.41, 5.74) is 0. The summed E-state index contributed by atoms with van der Waals surface area (Å²) < 4.78 is 17.6. The Hall–Kier alpha value is -0.0500. The Kier molecular flexibility index (Phi) is 1.71. The molecule has 0 fully saturated rings. The molecule has 0 rings (SSSR count). The van der Waals surface area contributed by atoms with Crippen molar-refractivity contribution in [3.05, 3.63) is 0 Å². The number of nitrogens with one attached hydrogen (secondary N) is 1. The van der Waals surface area contributed by atoms with Gasteiger partial charge < -0.3 is 0 Å². The third-order valence-corrected chi connectivity index (χ3v) is 3.51. The zero-order valence-electron chi connectivity index (χ0n) is 5.82. The van der Waals surface area contributed by atoms with Gasteiger partial charge in [-0.2, -0.15) is 0 Å². The van der Waals surface area contributed by atoms with Gasteiger partial charge in [0, 0.05) is 20.7 Å². The molecule has 0 radical (unpaired) electrons. The average Bonchev–Trinajstić information content (AvgIpc) is 1.25. The molecule has 8 heavy (non-hydrogen) atoms. The lowest BCUT2D eigenvalue weighted by atomic mass is 10.3. The summed E-state index contributed by atoms with van der Waals surface area (Å²) in [5, 5.41) is 0. The van der Waals surface area contributed by atoms with Crippen molar-refractivity contribution in [1.82, 2.24) is 0 Å². The van der Waals surface area contributed by atoms with Crippen LogP contribution in [0.25, 0.3) is 0 Å². The number of hydrogen-bond acceptors (Lipinski definition) is 2. The van der Waals surface area contributed by atoms with Crippen molar-refractivity contribution < 1.29 is 4.21 Å². The van der Waals surface area contributed by atoms with Crippen LogP contribution in [0.4, 0.5) is 0 Å². The molecule has 3 heteroatoms. The van der Waals surface area contributed by atoms with Crippen LogP contribution in [0, 0.1) is 4.78 Å². The molecule has 0 spiro atoms. The smallest absolute Gasteiger partial charge is 0.0462 e. The van der Waals surface area contributed by atoms with Gasteiger partial charge in [0.15, 0.2) is 0 Å². The van der Waals surface area contributed by atoms with E-state index in [0.29, 0.717) is 0 Å². The molecule has 50 valence electrons. The molecule has 0 aliphatic heterocycles. The first-order valence-electron chi connectivity index (χ1n) is 2.48. The Balaban J connectivity index is 4.53. The predicted octanol–water partition coefficient (Wildman–Crippen LogP) is 1.46. The van der Waals surface area contributed by atoms with Gasteiger partial charge in [-0.15, -0.1) is 0 Å². The van der Waals surface area contributed by atoms with Crippen molar-refractivity contribution in [1.29, 1.82) is 4.78 Å². The first-order valence-corrected chi connectivity index (χ1v) is 4.45. The maximum absolute atomic E-state index is 10.9. The second kappa shape index (κ2) is 1.72. The summed E-state index contributed by atoms with van der Waals surface area (Å²) in [6.07, 6.45) is 1.47. The normalized spacial score (nSPS) is 20.0. The highest BCUT2D eigenvalue weighted by molar-refractivity contribution is 7.93.